The molecule has 0 spiro atoms. The highest BCUT2D eigenvalue weighted by Gasteiger charge is 2.15. The molecule has 0 unspecified atom stereocenters. The van der Waals surface area contributed by atoms with Crippen LogP contribution in [0.15, 0.2) is 58.2 Å². The Balaban J connectivity index is 1.82. The van der Waals surface area contributed by atoms with E-state index in [-0.39, 0.29) is 28.8 Å². The molecular weight excluding hydrogens is 366 g/mol. The van der Waals surface area contributed by atoms with E-state index in [1.807, 2.05) is 25.1 Å². The smallest absolute Gasteiger partial charge is 0.325 e. The second-order valence-corrected chi connectivity index (χ2v) is 8.36. The van der Waals surface area contributed by atoms with Gasteiger partial charge in [-0.3, -0.25) is 13.9 Å². The van der Waals surface area contributed by atoms with Gasteiger partial charge in [0.05, 0.1) is 21.7 Å². The average Bonchev–Trinajstić information content (AvgIpc) is 2.93. The van der Waals surface area contributed by atoms with Gasteiger partial charge in [-0.05, 0) is 43.3 Å². The molecule has 0 atom stereocenters. The lowest BCUT2D eigenvalue weighted by atomic mass is 10.3. The number of sulfone groups is 1. The third-order valence-corrected chi connectivity index (χ3v) is 6.17. The highest BCUT2D eigenvalue weighted by atomic mass is 32.2. The Kier molecular flexibility index (Phi) is 5.18. The maximum absolute atomic E-state index is 12.6. The molecule has 2 aromatic carbocycles. The molecule has 1 aromatic heterocycles. The van der Waals surface area contributed by atoms with Gasteiger partial charge in [-0.1, -0.05) is 19.1 Å². The number of fused-ring (bicyclic) bond motifs is 1. The van der Waals surface area contributed by atoms with E-state index in [9.17, 15) is 18.0 Å². The van der Waals surface area contributed by atoms with Crippen molar-refractivity contribution in [2.75, 3.05) is 11.1 Å². The summed E-state index contributed by atoms with van der Waals surface area (Å²) in [6.45, 7) is 3.85. The Hall–Kier alpha value is -2.87. The molecule has 0 radical (unpaired) electrons. The molecule has 0 fully saturated rings. The number of imidazole rings is 1. The predicted molar refractivity (Wildman–Crippen MR) is 105 cm³/mol. The van der Waals surface area contributed by atoms with Crippen LogP contribution < -0.4 is 11.0 Å². The topological polar surface area (TPSA) is 90.2 Å². The molecule has 0 saturated heterocycles. The van der Waals surface area contributed by atoms with Crippen molar-refractivity contribution in [1.82, 2.24) is 9.13 Å². The van der Waals surface area contributed by atoms with Crippen LogP contribution in [0.3, 0.4) is 0 Å². The second kappa shape index (κ2) is 7.40. The quantitative estimate of drug-likeness (QED) is 0.702. The van der Waals surface area contributed by atoms with Crippen molar-refractivity contribution < 1.29 is 13.2 Å². The second-order valence-electron chi connectivity index (χ2n) is 6.08. The maximum atomic E-state index is 12.6. The summed E-state index contributed by atoms with van der Waals surface area (Å²) in [5.74, 6) is -0.342. The lowest BCUT2D eigenvalue weighted by Gasteiger charge is -2.07. The van der Waals surface area contributed by atoms with Crippen LogP contribution in [0.1, 0.15) is 13.8 Å². The number of nitrogens with one attached hydrogen (secondary N) is 1. The Morgan fingerprint density at radius 1 is 0.963 bits per heavy atom. The van der Waals surface area contributed by atoms with Crippen molar-refractivity contribution in [1.29, 1.82) is 0 Å². The van der Waals surface area contributed by atoms with Gasteiger partial charge in [0.25, 0.3) is 0 Å². The number of rotatable bonds is 6. The van der Waals surface area contributed by atoms with Crippen molar-refractivity contribution in [3.05, 3.63) is 59.0 Å². The van der Waals surface area contributed by atoms with Crippen LogP contribution >= 0.6 is 0 Å². The fourth-order valence-electron chi connectivity index (χ4n) is 2.99. The average molecular weight is 387 g/mol. The molecule has 0 aliphatic carbocycles. The first-order valence-electron chi connectivity index (χ1n) is 8.68. The zero-order valence-electron chi connectivity index (χ0n) is 15.2. The van der Waals surface area contributed by atoms with Crippen LogP contribution in [-0.4, -0.2) is 29.2 Å². The molecule has 1 N–H and O–H groups in total. The normalized spacial score (nSPS) is 11.6. The summed E-state index contributed by atoms with van der Waals surface area (Å²) in [4.78, 5) is 25.2. The number of hydrogen-bond acceptors (Lipinski definition) is 4. The first kappa shape index (κ1) is 18.9. The summed E-state index contributed by atoms with van der Waals surface area (Å²) in [7, 11) is -3.28. The minimum Gasteiger partial charge on any atom is -0.325 e. The molecule has 0 bridgehead atoms. The van der Waals surface area contributed by atoms with Crippen LogP contribution in [0.25, 0.3) is 11.0 Å². The standard InChI is InChI=1S/C19H21N3O4S/c1-3-21-16-7-5-6-8-17(16)22(19(21)24)13-18(23)20-14-9-11-15(12-10-14)27(25,26)4-2/h5-12H,3-4,13H2,1-2H3,(H,20,23). The molecule has 27 heavy (non-hydrogen) atoms. The Morgan fingerprint density at radius 3 is 2.11 bits per heavy atom. The van der Waals surface area contributed by atoms with Crippen molar-refractivity contribution >= 4 is 32.5 Å². The molecular formula is C19H21N3O4S. The van der Waals surface area contributed by atoms with E-state index in [1.54, 1.807) is 29.7 Å². The third kappa shape index (κ3) is 3.66. The van der Waals surface area contributed by atoms with E-state index >= 15 is 0 Å². The fourth-order valence-corrected chi connectivity index (χ4v) is 3.87. The summed E-state index contributed by atoms with van der Waals surface area (Å²) in [5, 5.41) is 2.70. The molecule has 1 amide bonds. The molecule has 142 valence electrons. The van der Waals surface area contributed by atoms with Gasteiger partial charge < -0.3 is 5.32 Å². The minimum atomic E-state index is -3.28. The van der Waals surface area contributed by atoms with Crippen molar-refractivity contribution in [3.63, 3.8) is 0 Å². The number of aryl methyl sites for hydroxylation is 1. The van der Waals surface area contributed by atoms with Gasteiger partial charge in [0.2, 0.25) is 5.91 Å². The summed E-state index contributed by atoms with van der Waals surface area (Å²) in [6.07, 6.45) is 0. The molecule has 8 heteroatoms. The number of para-hydroxylation sites is 2. The van der Waals surface area contributed by atoms with Gasteiger partial charge in [-0.2, -0.15) is 0 Å². The van der Waals surface area contributed by atoms with Crippen molar-refractivity contribution in [2.24, 2.45) is 0 Å². The number of carbonyl (C=O) groups excluding carboxylic acids is 1. The highest BCUT2D eigenvalue weighted by Crippen LogP contribution is 2.16. The summed E-state index contributed by atoms with van der Waals surface area (Å²) in [6, 6.07) is 13.3. The van der Waals surface area contributed by atoms with Gasteiger partial charge >= 0.3 is 5.69 Å². The van der Waals surface area contributed by atoms with Crippen molar-refractivity contribution in [3.8, 4) is 0 Å². The van der Waals surface area contributed by atoms with Crippen molar-refractivity contribution in [2.45, 2.75) is 31.8 Å². The third-order valence-electron chi connectivity index (χ3n) is 4.42. The lowest BCUT2D eigenvalue weighted by Crippen LogP contribution is -2.29. The van der Waals surface area contributed by atoms with Crippen LogP contribution in [-0.2, 0) is 27.7 Å². The first-order valence-corrected chi connectivity index (χ1v) is 10.3. The van der Waals surface area contributed by atoms with Gasteiger partial charge in [-0.25, -0.2) is 13.2 Å². The number of aromatic nitrogens is 2. The number of benzene rings is 2. The first-order chi connectivity index (χ1) is 12.9. The van der Waals surface area contributed by atoms with Gasteiger partial charge in [0, 0.05) is 12.2 Å². The fraction of sp³-hybridized carbons (Fsp3) is 0.263. The Bertz CT molecular complexity index is 1140. The monoisotopic (exact) mass is 387 g/mol. The van der Waals surface area contributed by atoms with E-state index in [1.165, 1.54) is 16.7 Å². The van der Waals surface area contributed by atoms with E-state index < -0.39 is 9.84 Å². The summed E-state index contributed by atoms with van der Waals surface area (Å²) in [5.41, 5.74) is 1.72. The summed E-state index contributed by atoms with van der Waals surface area (Å²) >= 11 is 0. The van der Waals surface area contributed by atoms with Crippen LogP contribution in [0.2, 0.25) is 0 Å². The largest absolute Gasteiger partial charge is 0.329 e. The van der Waals surface area contributed by atoms with Gasteiger partial charge in [0.15, 0.2) is 9.84 Å². The number of carbonyl (C=O) groups is 1. The summed E-state index contributed by atoms with van der Waals surface area (Å²) < 4.78 is 26.7. The zero-order valence-corrected chi connectivity index (χ0v) is 16.0. The van der Waals surface area contributed by atoms with Crippen LogP contribution in [0.4, 0.5) is 5.69 Å². The SMILES string of the molecule is CCn1c(=O)n(CC(=O)Nc2ccc(S(=O)(=O)CC)cc2)c2ccccc21. The molecule has 0 aliphatic heterocycles. The van der Waals surface area contributed by atoms with Crippen LogP contribution in [0, 0.1) is 0 Å². The molecule has 0 saturated carbocycles. The minimum absolute atomic E-state index is 0.0170. The van der Waals surface area contributed by atoms with Gasteiger partial charge in [0.1, 0.15) is 6.54 Å². The zero-order chi connectivity index (χ0) is 19.6. The predicted octanol–water partition coefficient (Wildman–Crippen LogP) is 2.26. The van der Waals surface area contributed by atoms with E-state index in [0.29, 0.717) is 17.7 Å². The van der Waals surface area contributed by atoms with E-state index in [4.69, 9.17) is 0 Å². The number of amides is 1. The number of nitrogens with zero attached hydrogens (tertiary/aromatic N) is 2. The Labute approximate surface area is 157 Å². The molecule has 1 heterocycles. The highest BCUT2D eigenvalue weighted by molar-refractivity contribution is 7.91. The maximum Gasteiger partial charge on any atom is 0.329 e. The Morgan fingerprint density at radius 2 is 1.56 bits per heavy atom. The number of hydrogen-bond donors (Lipinski definition) is 1. The van der Waals surface area contributed by atoms with Crippen LogP contribution in [0.5, 0.6) is 0 Å². The molecule has 0 aliphatic rings. The number of anilines is 1. The molecule has 7 nitrogen and oxygen atoms in total. The van der Waals surface area contributed by atoms with E-state index in [0.717, 1.165) is 5.52 Å². The lowest BCUT2D eigenvalue weighted by molar-refractivity contribution is -0.116. The van der Waals surface area contributed by atoms with Gasteiger partial charge in [-0.15, -0.1) is 0 Å². The van der Waals surface area contributed by atoms with E-state index in [2.05, 4.69) is 5.32 Å². The molecule has 3 aromatic rings. The molecule has 3 rings (SSSR count).